The van der Waals surface area contributed by atoms with Gasteiger partial charge in [-0.2, -0.15) is 8.42 Å². The first kappa shape index (κ1) is 44.3. The molecule has 6 heteroatoms. The average molecular weight is 689 g/mol. The van der Waals surface area contributed by atoms with Crippen LogP contribution in [0.4, 0.5) is 0 Å². The molecule has 0 saturated carbocycles. The first-order valence-electron chi connectivity index (χ1n) is 19.5. The fourth-order valence-corrected chi connectivity index (χ4v) is 6.26. The molecular weight excluding hydrogens is 617 g/mol. The van der Waals surface area contributed by atoms with E-state index in [1.54, 1.807) is 0 Å². The highest BCUT2D eigenvalue weighted by Gasteiger charge is 2.40. The predicted molar refractivity (Wildman–Crippen MR) is 207 cm³/mol. The van der Waals surface area contributed by atoms with Crippen molar-refractivity contribution in [1.29, 1.82) is 0 Å². The molecule has 0 aromatic carbocycles. The summed E-state index contributed by atoms with van der Waals surface area (Å²) < 4.78 is 40.5. The molecule has 1 atom stereocenters. The Labute approximate surface area is 297 Å². The van der Waals surface area contributed by atoms with E-state index in [-0.39, 0.29) is 12.7 Å². The summed E-state index contributed by atoms with van der Waals surface area (Å²) in [7, 11) is -3.43. The lowest BCUT2D eigenvalue weighted by Crippen LogP contribution is -2.31. The van der Waals surface area contributed by atoms with Gasteiger partial charge in [0, 0.05) is 19.3 Å². The molecule has 5 nitrogen and oxygen atoms in total. The van der Waals surface area contributed by atoms with Crippen molar-refractivity contribution in [1.82, 2.24) is 0 Å². The summed E-state index contributed by atoms with van der Waals surface area (Å²) in [4.78, 5) is 0. The van der Waals surface area contributed by atoms with E-state index in [9.17, 15) is 8.42 Å². The smallest absolute Gasteiger partial charge is 0.264 e. The van der Waals surface area contributed by atoms with E-state index in [0.29, 0.717) is 13.0 Å². The van der Waals surface area contributed by atoms with Crippen LogP contribution in [0.5, 0.6) is 0 Å². The van der Waals surface area contributed by atoms with Gasteiger partial charge in [-0.25, -0.2) is 0 Å². The van der Waals surface area contributed by atoms with Crippen molar-refractivity contribution in [3.63, 3.8) is 0 Å². The van der Waals surface area contributed by atoms with Gasteiger partial charge in [0.25, 0.3) is 10.1 Å². The quantitative estimate of drug-likeness (QED) is 0.0400. The fraction of sp³-hybridized carbons (Fsp3) is 0.714. The van der Waals surface area contributed by atoms with Gasteiger partial charge in [-0.1, -0.05) is 138 Å². The minimum Gasteiger partial charge on any atom is -0.347 e. The fourth-order valence-electron chi connectivity index (χ4n) is 5.86. The molecule has 1 unspecified atom stereocenters. The van der Waals surface area contributed by atoms with Gasteiger partial charge in [0.15, 0.2) is 5.79 Å². The number of allylic oxidation sites excluding steroid dienone is 12. The Bertz CT molecular complexity index is 967. The van der Waals surface area contributed by atoms with E-state index in [2.05, 4.69) is 86.8 Å². The van der Waals surface area contributed by atoms with Crippen molar-refractivity contribution in [3.8, 4) is 0 Å². The van der Waals surface area contributed by atoms with E-state index < -0.39 is 15.9 Å². The van der Waals surface area contributed by atoms with E-state index in [1.807, 2.05) is 0 Å². The topological polar surface area (TPSA) is 61.8 Å². The molecule has 276 valence electrons. The first-order chi connectivity index (χ1) is 23.4. The number of rotatable bonds is 32. The minimum absolute atomic E-state index is 0.102. The van der Waals surface area contributed by atoms with Gasteiger partial charge in [-0.15, -0.1) is 0 Å². The van der Waals surface area contributed by atoms with Gasteiger partial charge in [-0.05, 0) is 77.0 Å². The van der Waals surface area contributed by atoms with Gasteiger partial charge in [0.05, 0.1) is 25.6 Å². The van der Waals surface area contributed by atoms with Crippen LogP contribution in [-0.4, -0.2) is 39.8 Å². The maximum Gasteiger partial charge on any atom is 0.264 e. The lowest BCUT2D eigenvalue weighted by atomic mass is 9.98. The Hall–Kier alpha value is -1.73. The molecule has 48 heavy (non-hydrogen) atoms. The number of unbranched alkanes of at least 4 members (excludes halogenated alkanes) is 12. The van der Waals surface area contributed by atoms with E-state index in [0.717, 1.165) is 70.5 Å². The third-order valence-electron chi connectivity index (χ3n) is 8.57. The van der Waals surface area contributed by atoms with Crippen LogP contribution >= 0.6 is 0 Å². The monoisotopic (exact) mass is 689 g/mol. The summed E-state index contributed by atoms with van der Waals surface area (Å²) in [6, 6.07) is 0. The van der Waals surface area contributed by atoms with Crippen LogP contribution in [0.3, 0.4) is 0 Å². The lowest BCUT2D eigenvalue weighted by molar-refractivity contribution is -0.180. The zero-order valence-corrected chi connectivity index (χ0v) is 31.9. The zero-order chi connectivity index (χ0) is 34.9. The minimum atomic E-state index is -3.43. The molecule has 1 heterocycles. The molecule has 0 aromatic heterocycles. The second-order valence-corrected chi connectivity index (χ2v) is 14.8. The second kappa shape index (κ2) is 31.3. The predicted octanol–water partition coefficient (Wildman–Crippen LogP) is 12.4. The first-order valence-corrected chi connectivity index (χ1v) is 21.3. The van der Waals surface area contributed by atoms with Crippen LogP contribution in [-0.2, 0) is 23.8 Å². The molecule has 1 fully saturated rings. The van der Waals surface area contributed by atoms with Crippen LogP contribution in [0, 0.1) is 0 Å². The van der Waals surface area contributed by atoms with Gasteiger partial charge >= 0.3 is 0 Å². The molecule has 0 spiro atoms. The normalized spacial score (nSPS) is 19.3. The van der Waals surface area contributed by atoms with E-state index >= 15 is 0 Å². The largest absolute Gasteiger partial charge is 0.347 e. The number of hydrogen-bond donors (Lipinski definition) is 0. The zero-order valence-electron chi connectivity index (χ0n) is 31.1. The standard InChI is InChI=1S/C42H72O5S/c1-4-6-8-10-12-14-16-18-20-22-24-26-28-30-32-34-37-42(45-40-41(47-42)36-39-46-48(3,43)44)38-35-33-31-29-27-25-23-21-19-17-15-13-11-9-7-5-2/h6-9,12-15,18-21,41H,4-5,10-11,16-17,22-40H2,1-3H3. The summed E-state index contributed by atoms with van der Waals surface area (Å²) in [6.07, 6.45) is 53.9. The highest BCUT2D eigenvalue weighted by Crippen LogP contribution is 2.35. The Morgan fingerprint density at radius 2 is 0.979 bits per heavy atom. The number of ether oxygens (including phenoxy) is 2. The summed E-state index contributed by atoms with van der Waals surface area (Å²) in [5, 5.41) is 0. The summed E-state index contributed by atoms with van der Waals surface area (Å²) in [5.41, 5.74) is 0. The van der Waals surface area contributed by atoms with Crippen molar-refractivity contribution in [2.45, 2.75) is 173 Å². The van der Waals surface area contributed by atoms with Crippen molar-refractivity contribution in [2.24, 2.45) is 0 Å². The molecule has 0 amide bonds. The molecule has 1 rings (SSSR count). The van der Waals surface area contributed by atoms with Crippen molar-refractivity contribution >= 4 is 10.1 Å². The van der Waals surface area contributed by atoms with Crippen molar-refractivity contribution in [2.75, 3.05) is 19.5 Å². The van der Waals surface area contributed by atoms with Gasteiger partial charge < -0.3 is 9.47 Å². The summed E-state index contributed by atoms with van der Waals surface area (Å²) in [5.74, 6) is -0.521. The average Bonchev–Trinajstić information content (AvgIpc) is 3.46. The Balaban J connectivity index is 2.25. The van der Waals surface area contributed by atoms with Gasteiger partial charge in [-0.3, -0.25) is 4.18 Å². The van der Waals surface area contributed by atoms with Crippen LogP contribution in [0.1, 0.15) is 162 Å². The summed E-state index contributed by atoms with van der Waals surface area (Å²) in [6.45, 7) is 5.00. The second-order valence-electron chi connectivity index (χ2n) is 13.2. The van der Waals surface area contributed by atoms with Crippen molar-refractivity contribution < 1.29 is 22.1 Å². The van der Waals surface area contributed by atoms with E-state index in [4.69, 9.17) is 13.7 Å². The Kier molecular flexibility index (Phi) is 28.8. The molecule has 1 aliphatic heterocycles. The summed E-state index contributed by atoms with van der Waals surface area (Å²) >= 11 is 0. The third-order valence-corrected chi connectivity index (χ3v) is 9.16. The molecule has 0 bridgehead atoms. The van der Waals surface area contributed by atoms with Crippen LogP contribution < -0.4 is 0 Å². The Morgan fingerprint density at radius 1 is 0.583 bits per heavy atom. The van der Waals surface area contributed by atoms with Crippen LogP contribution in [0.25, 0.3) is 0 Å². The lowest BCUT2D eigenvalue weighted by Gasteiger charge is -2.28. The molecule has 0 aliphatic carbocycles. The molecule has 0 N–H and O–H groups in total. The molecule has 1 aliphatic rings. The Morgan fingerprint density at radius 3 is 1.42 bits per heavy atom. The highest BCUT2D eigenvalue weighted by molar-refractivity contribution is 7.85. The molecule has 0 radical (unpaired) electrons. The van der Waals surface area contributed by atoms with Gasteiger partial charge in [0.1, 0.15) is 0 Å². The highest BCUT2D eigenvalue weighted by atomic mass is 32.2. The van der Waals surface area contributed by atoms with E-state index in [1.165, 1.54) is 77.0 Å². The van der Waals surface area contributed by atoms with Crippen LogP contribution in [0.2, 0.25) is 0 Å². The number of hydrogen-bond acceptors (Lipinski definition) is 5. The maximum absolute atomic E-state index is 11.4. The SMILES string of the molecule is CCC=CCC=CCC=CCCCCCCCCC1(CCCCCCCCC=CCC=CCC=CCC)OCC(CCOS(C)(=O)=O)O1. The van der Waals surface area contributed by atoms with Gasteiger partial charge in [0.2, 0.25) is 0 Å². The molecule has 1 saturated heterocycles. The van der Waals surface area contributed by atoms with Crippen molar-refractivity contribution in [3.05, 3.63) is 72.9 Å². The maximum atomic E-state index is 11.4. The molecule has 0 aromatic rings. The third kappa shape index (κ3) is 28.1. The molecular formula is C42H72O5S. The van der Waals surface area contributed by atoms with Crippen LogP contribution in [0.15, 0.2) is 72.9 Å².